The van der Waals surface area contributed by atoms with E-state index < -0.39 is 4.92 Å². The van der Waals surface area contributed by atoms with Crippen LogP contribution in [0.3, 0.4) is 0 Å². The molecule has 102 valence electrons. The van der Waals surface area contributed by atoms with E-state index in [0.29, 0.717) is 23.7 Å². The lowest BCUT2D eigenvalue weighted by atomic mass is 10.1. The molecule has 1 aromatic rings. The van der Waals surface area contributed by atoms with Crippen molar-refractivity contribution in [3.05, 3.63) is 33.9 Å². The second-order valence-electron chi connectivity index (χ2n) is 4.81. The fraction of sp³-hybridized carbons (Fsp3) is 0.462. The number of hydrogen-bond donors (Lipinski definition) is 2. The SMILES string of the molecule is CCNc1cc(C(=O)NC2CC2C)ccc1[N+](=O)[O-]. The molecule has 19 heavy (non-hydrogen) atoms. The largest absolute Gasteiger partial charge is 0.380 e. The predicted molar refractivity (Wildman–Crippen MR) is 72.3 cm³/mol. The number of rotatable bonds is 5. The number of amides is 1. The van der Waals surface area contributed by atoms with E-state index in [1.807, 2.05) is 6.92 Å². The first-order valence-electron chi connectivity index (χ1n) is 6.36. The molecule has 1 fully saturated rings. The molecule has 0 aromatic heterocycles. The first-order valence-corrected chi connectivity index (χ1v) is 6.36. The van der Waals surface area contributed by atoms with Crippen molar-refractivity contribution in [3.63, 3.8) is 0 Å². The first-order chi connectivity index (χ1) is 9.02. The van der Waals surface area contributed by atoms with Crippen molar-refractivity contribution in [2.75, 3.05) is 11.9 Å². The Morgan fingerprint density at radius 2 is 2.21 bits per heavy atom. The summed E-state index contributed by atoms with van der Waals surface area (Å²) >= 11 is 0. The van der Waals surface area contributed by atoms with Gasteiger partial charge in [-0.3, -0.25) is 14.9 Å². The molecule has 2 N–H and O–H groups in total. The van der Waals surface area contributed by atoms with Gasteiger partial charge in [-0.15, -0.1) is 0 Å². The highest BCUT2D eigenvalue weighted by Gasteiger charge is 2.34. The van der Waals surface area contributed by atoms with Crippen molar-refractivity contribution in [1.82, 2.24) is 5.32 Å². The summed E-state index contributed by atoms with van der Waals surface area (Å²) in [7, 11) is 0. The van der Waals surface area contributed by atoms with Crippen molar-refractivity contribution >= 4 is 17.3 Å². The van der Waals surface area contributed by atoms with Crippen LogP contribution in [0.15, 0.2) is 18.2 Å². The summed E-state index contributed by atoms with van der Waals surface area (Å²) < 4.78 is 0. The highest BCUT2D eigenvalue weighted by atomic mass is 16.6. The van der Waals surface area contributed by atoms with Crippen LogP contribution in [0.25, 0.3) is 0 Å². The van der Waals surface area contributed by atoms with Gasteiger partial charge in [-0.1, -0.05) is 6.92 Å². The minimum atomic E-state index is -0.456. The zero-order valence-corrected chi connectivity index (χ0v) is 11.0. The average molecular weight is 263 g/mol. The van der Waals surface area contributed by atoms with Crippen LogP contribution in [-0.4, -0.2) is 23.4 Å². The molecule has 1 amide bonds. The van der Waals surface area contributed by atoms with Gasteiger partial charge in [0.2, 0.25) is 0 Å². The number of hydrogen-bond acceptors (Lipinski definition) is 4. The Morgan fingerprint density at radius 1 is 1.53 bits per heavy atom. The Labute approximate surface area is 111 Å². The van der Waals surface area contributed by atoms with Gasteiger partial charge in [0.05, 0.1) is 4.92 Å². The monoisotopic (exact) mass is 263 g/mol. The third-order valence-corrected chi connectivity index (χ3v) is 3.25. The van der Waals surface area contributed by atoms with Crippen molar-refractivity contribution in [2.45, 2.75) is 26.3 Å². The quantitative estimate of drug-likeness (QED) is 0.629. The number of benzene rings is 1. The Morgan fingerprint density at radius 3 is 2.74 bits per heavy atom. The smallest absolute Gasteiger partial charge is 0.292 e. The standard InChI is InChI=1S/C13H17N3O3/c1-3-14-11-7-9(4-5-12(11)16(18)19)13(17)15-10-6-8(10)2/h4-5,7-8,10,14H,3,6H2,1-2H3,(H,15,17). The van der Waals surface area contributed by atoms with Crippen molar-refractivity contribution < 1.29 is 9.72 Å². The number of anilines is 1. The summed E-state index contributed by atoms with van der Waals surface area (Å²) in [5, 5.41) is 16.7. The molecule has 0 spiro atoms. The lowest BCUT2D eigenvalue weighted by molar-refractivity contribution is -0.384. The van der Waals surface area contributed by atoms with E-state index in [4.69, 9.17) is 0 Å². The summed E-state index contributed by atoms with van der Waals surface area (Å²) in [5.41, 5.74) is 0.808. The Hall–Kier alpha value is -2.11. The molecule has 0 heterocycles. The Bertz CT molecular complexity index is 516. The highest BCUT2D eigenvalue weighted by Crippen LogP contribution is 2.30. The Balaban J connectivity index is 2.19. The third-order valence-electron chi connectivity index (χ3n) is 3.25. The summed E-state index contributed by atoms with van der Waals surface area (Å²) in [6.07, 6.45) is 0.999. The predicted octanol–water partition coefficient (Wildman–Crippen LogP) is 2.16. The molecule has 6 nitrogen and oxygen atoms in total. The van der Waals surface area contributed by atoms with Crippen LogP contribution in [0.5, 0.6) is 0 Å². The van der Waals surface area contributed by atoms with Crippen LogP contribution in [0.4, 0.5) is 11.4 Å². The molecule has 1 saturated carbocycles. The molecule has 0 saturated heterocycles. The van der Waals surface area contributed by atoms with E-state index >= 15 is 0 Å². The van der Waals surface area contributed by atoms with Gasteiger partial charge in [0.25, 0.3) is 11.6 Å². The molecule has 1 aliphatic rings. The minimum Gasteiger partial charge on any atom is -0.380 e. The zero-order chi connectivity index (χ0) is 14.0. The van der Waals surface area contributed by atoms with E-state index in [0.717, 1.165) is 6.42 Å². The molecular formula is C13H17N3O3. The van der Waals surface area contributed by atoms with Gasteiger partial charge in [0.15, 0.2) is 0 Å². The van der Waals surface area contributed by atoms with Crippen molar-refractivity contribution in [3.8, 4) is 0 Å². The maximum atomic E-state index is 12.0. The molecule has 2 unspecified atom stereocenters. The molecule has 0 aliphatic heterocycles. The van der Waals surface area contributed by atoms with Crippen molar-refractivity contribution in [2.24, 2.45) is 5.92 Å². The normalized spacial score (nSPS) is 20.7. The number of carbonyl (C=O) groups is 1. The van der Waals surface area contributed by atoms with Crippen LogP contribution in [-0.2, 0) is 0 Å². The van der Waals surface area contributed by atoms with Gasteiger partial charge in [0.1, 0.15) is 5.69 Å². The summed E-state index contributed by atoms with van der Waals surface area (Å²) in [6, 6.07) is 4.62. The average Bonchev–Trinajstić information content (AvgIpc) is 3.04. The molecular weight excluding hydrogens is 246 g/mol. The second-order valence-corrected chi connectivity index (χ2v) is 4.81. The summed E-state index contributed by atoms with van der Waals surface area (Å²) in [4.78, 5) is 22.4. The van der Waals surface area contributed by atoms with E-state index in [1.54, 1.807) is 0 Å². The molecule has 2 rings (SSSR count). The van der Waals surface area contributed by atoms with Crippen LogP contribution in [0.1, 0.15) is 30.6 Å². The molecule has 0 bridgehead atoms. The summed E-state index contributed by atoms with van der Waals surface area (Å²) in [5.74, 6) is 0.346. The number of nitrogens with zero attached hydrogens (tertiary/aromatic N) is 1. The number of nitro benzene ring substituents is 1. The Kier molecular flexibility index (Phi) is 3.69. The topological polar surface area (TPSA) is 84.3 Å². The van der Waals surface area contributed by atoms with Crippen molar-refractivity contribution in [1.29, 1.82) is 0 Å². The van der Waals surface area contributed by atoms with Gasteiger partial charge >= 0.3 is 0 Å². The molecule has 6 heteroatoms. The second kappa shape index (κ2) is 5.26. The van der Waals surface area contributed by atoms with Crippen LogP contribution < -0.4 is 10.6 Å². The van der Waals surface area contributed by atoms with Gasteiger partial charge in [0, 0.05) is 24.2 Å². The van der Waals surface area contributed by atoms with Gasteiger partial charge in [-0.25, -0.2) is 0 Å². The fourth-order valence-corrected chi connectivity index (χ4v) is 1.94. The fourth-order valence-electron chi connectivity index (χ4n) is 1.94. The zero-order valence-electron chi connectivity index (χ0n) is 11.0. The minimum absolute atomic E-state index is 0.0156. The highest BCUT2D eigenvalue weighted by molar-refractivity contribution is 5.96. The maximum absolute atomic E-state index is 12.0. The number of nitrogens with one attached hydrogen (secondary N) is 2. The molecule has 1 aliphatic carbocycles. The number of carbonyl (C=O) groups excluding carboxylic acids is 1. The number of nitro groups is 1. The van der Waals surface area contributed by atoms with E-state index in [-0.39, 0.29) is 17.6 Å². The lowest BCUT2D eigenvalue weighted by Gasteiger charge is -2.08. The molecule has 0 radical (unpaired) electrons. The first kappa shape index (κ1) is 13.3. The van der Waals surface area contributed by atoms with Crippen LogP contribution >= 0.6 is 0 Å². The third kappa shape index (κ3) is 3.01. The van der Waals surface area contributed by atoms with E-state index in [2.05, 4.69) is 17.6 Å². The summed E-state index contributed by atoms with van der Waals surface area (Å²) in [6.45, 7) is 4.48. The lowest BCUT2D eigenvalue weighted by Crippen LogP contribution is -2.26. The maximum Gasteiger partial charge on any atom is 0.292 e. The molecule has 2 atom stereocenters. The van der Waals surface area contributed by atoms with E-state index in [1.165, 1.54) is 18.2 Å². The van der Waals surface area contributed by atoms with E-state index in [9.17, 15) is 14.9 Å². The molecule has 1 aromatic carbocycles. The van der Waals surface area contributed by atoms with Gasteiger partial charge in [-0.05, 0) is 31.4 Å². The van der Waals surface area contributed by atoms with Gasteiger partial charge in [-0.2, -0.15) is 0 Å². The van der Waals surface area contributed by atoms with Crippen LogP contribution in [0.2, 0.25) is 0 Å². The van der Waals surface area contributed by atoms with Gasteiger partial charge < -0.3 is 10.6 Å². The van der Waals surface area contributed by atoms with Crippen LogP contribution in [0, 0.1) is 16.0 Å².